The normalized spacial score (nSPS) is 10.5. The molecule has 3 rings (SSSR count). The summed E-state index contributed by atoms with van der Waals surface area (Å²) in [5.41, 5.74) is 0.705. The predicted octanol–water partition coefficient (Wildman–Crippen LogP) is 5.33. The molecule has 0 aliphatic rings. The van der Waals surface area contributed by atoms with Crippen LogP contribution in [-0.4, -0.2) is 22.6 Å². The molecule has 0 atom stereocenters. The van der Waals surface area contributed by atoms with Crippen molar-refractivity contribution >= 4 is 17.9 Å². The molecular formula is C25H25N2O5Y-. The van der Waals surface area contributed by atoms with Gasteiger partial charge in [-0.1, -0.05) is 61.7 Å². The van der Waals surface area contributed by atoms with Crippen molar-refractivity contribution in [2.75, 3.05) is 5.32 Å². The van der Waals surface area contributed by atoms with E-state index in [1.807, 2.05) is 36.4 Å². The predicted molar refractivity (Wildman–Crippen MR) is 120 cm³/mol. The molecule has 33 heavy (non-hydrogen) atoms. The van der Waals surface area contributed by atoms with Crippen molar-refractivity contribution in [2.45, 2.75) is 39.9 Å². The van der Waals surface area contributed by atoms with Crippen LogP contribution in [0.1, 0.15) is 42.3 Å². The maximum absolute atomic E-state index is 13.0. The molecule has 0 fully saturated rings. The molecule has 1 amide bonds. The third-order valence-corrected chi connectivity index (χ3v) is 4.16. The third kappa shape index (κ3) is 7.95. The summed E-state index contributed by atoms with van der Waals surface area (Å²) in [4.78, 5) is 29.5. The number of ether oxygens (including phenoxy) is 3. The average molecular weight is 522 g/mol. The first-order valence-corrected chi connectivity index (χ1v) is 10.1. The molecule has 0 bridgehead atoms. The summed E-state index contributed by atoms with van der Waals surface area (Å²) >= 11 is 0. The molecule has 1 aromatic heterocycles. The number of hydrogen-bond acceptors (Lipinski definition) is 6. The Labute approximate surface area is 218 Å². The molecule has 2 aromatic carbocycles. The number of rotatable bonds is 6. The van der Waals surface area contributed by atoms with Gasteiger partial charge in [0, 0.05) is 32.7 Å². The van der Waals surface area contributed by atoms with Gasteiger partial charge in [-0.3, -0.25) is 4.79 Å². The molecule has 0 spiro atoms. The Morgan fingerprint density at radius 1 is 1.00 bits per heavy atom. The standard InChI is InChI=1S/C25H25N2O5.Y/c1-17-15-26-22(27-24(29)32-25(2,3)4)21(30-16-18-11-7-5-8-12-18)20(17)23(28)31-19-13-9-6-10-14-19;/h5-14H,16H2,1-4H3,(H,26,27,29);/q-1;. The van der Waals surface area contributed by atoms with Crippen molar-refractivity contribution in [3.8, 4) is 11.5 Å². The van der Waals surface area contributed by atoms with E-state index in [0.29, 0.717) is 11.3 Å². The van der Waals surface area contributed by atoms with Crippen LogP contribution >= 0.6 is 0 Å². The number of esters is 1. The number of para-hydroxylation sites is 1. The fourth-order valence-electron chi connectivity index (χ4n) is 2.78. The summed E-state index contributed by atoms with van der Waals surface area (Å²) < 4.78 is 16.8. The Bertz CT molecular complexity index is 1080. The van der Waals surface area contributed by atoms with E-state index in [9.17, 15) is 9.59 Å². The van der Waals surface area contributed by atoms with Gasteiger partial charge in [0.1, 0.15) is 18.0 Å². The van der Waals surface area contributed by atoms with E-state index in [0.717, 1.165) is 5.56 Å². The van der Waals surface area contributed by atoms with Crippen LogP contribution in [0.25, 0.3) is 0 Å². The van der Waals surface area contributed by atoms with E-state index in [2.05, 4.69) is 16.5 Å². The van der Waals surface area contributed by atoms with E-state index in [1.54, 1.807) is 52.0 Å². The van der Waals surface area contributed by atoms with Gasteiger partial charge in [-0.05, 0) is 44.0 Å². The van der Waals surface area contributed by atoms with E-state index >= 15 is 0 Å². The van der Waals surface area contributed by atoms with Crippen LogP contribution in [0.4, 0.5) is 10.6 Å². The monoisotopic (exact) mass is 522 g/mol. The number of aromatic nitrogens is 1. The fourth-order valence-corrected chi connectivity index (χ4v) is 2.78. The van der Waals surface area contributed by atoms with Crippen molar-refractivity contribution < 1.29 is 56.5 Å². The average Bonchev–Trinajstić information content (AvgIpc) is 2.73. The van der Waals surface area contributed by atoms with Crippen LogP contribution < -0.4 is 14.8 Å². The second-order valence-corrected chi connectivity index (χ2v) is 8.01. The largest absolute Gasteiger partial charge is 0.510 e. The Hall–Kier alpha value is -2.77. The number of amides is 1. The topological polar surface area (TPSA) is 86.8 Å². The first-order valence-electron chi connectivity index (χ1n) is 10.1. The number of carbonyl (C=O) groups is 2. The van der Waals surface area contributed by atoms with Crippen molar-refractivity contribution in [1.82, 2.24) is 4.98 Å². The van der Waals surface area contributed by atoms with Gasteiger partial charge in [0.2, 0.25) is 0 Å². The summed E-state index contributed by atoms with van der Waals surface area (Å²) in [6, 6.07) is 18.1. The summed E-state index contributed by atoms with van der Waals surface area (Å²) in [6.07, 6.45) is 2.01. The number of anilines is 1. The Morgan fingerprint density at radius 3 is 2.21 bits per heavy atom. The molecule has 8 heteroatoms. The minimum atomic E-state index is -0.728. The smallest absolute Gasteiger partial charge is 0.402 e. The second-order valence-electron chi connectivity index (χ2n) is 8.01. The zero-order valence-electron chi connectivity index (χ0n) is 19.0. The quantitative estimate of drug-likeness (QED) is 0.268. The van der Waals surface area contributed by atoms with Crippen LogP contribution in [0, 0.1) is 13.1 Å². The summed E-state index contributed by atoms with van der Waals surface area (Å²) in [6.45, 7) is 7.06. The van der Waals surface area contributed by atoms with Crippen LogP contribution in [0.15, 0.2) is 60.7 Å². The number of benzene rings is 2. The Kier molecular flexibility index (Phi) is 9.56. The van der Waals surface area contributed by atoms with Gasteiger partial charge >= 0.3 is 6.09 Å². The molecule has 0 aliphatic carbocycles. The number of nitrogens with zero attached hydrogens (tertiary/aromatic N) is 1. The van der Waals surface area contributed by atoms with Crippen molar-refractivity contribution in [3.63, 3.8) is 0 Å². The minimum absolute atomic E-state index is 0. The van der Waals surface area contributed by atoms with E-state index < -0.39 is 17.7 Å². The number of pyridine rings is 1. The third-order valence-electron chi connectivity index (χ3n) is 4.16. The number of hydrogen-bond donors (Lipinski definition) is 1. The number of carbonyl (C=O) groups excluding carboxylic acids is 2. The van der Waals surface area contributed by atoms with Crippen LogP contribution in [-0.2, 0) is 44.1 Å². The van der Waals surface area contributed by atoms with E-state index in [1.165, 1.54) is 0 Å². The number of nitrogens with one attached hydrogen (secondary N) is 1. The van der Waals surface area contributed by atoms with Crippen molar-refractivity contribution in [2.24, 2.45) is 0 Å². The molecule has 7 nitrogen and oxygen atoms in total. The molecule has 0 saturated carbocycles. The summed E-state index contributed by atoms with van der Waals surface area (Å²) in [5, 5.41) is 2.55. The van der Waals surface area contributed by atoms with Crippen LogP contribution in [0.3, 0.4) is 0 Å². The molecule has 3 aromatic rings. The molecule has 0 aliphatic heterocycles. The maximum Gasteiger partial charge on any atom is 0.402 e. The number of aryl methyl sites for hydroxylation is 1. The molecule has 1 radical (unpaired) electrons. The zero-order valence-corrected chi connectivity index (χ0v) is 21.9. The minimum Gasteiger partial charge on any atom is -0.510 e. The Morgan fingerprint density at radius 2 is 1.61 bits per heavy atom. The van der Waals surface area contributed by atoms with Gasteiger partial charge in [0.05, 0.1) is 11.6 Å². The van der Waals surface area contributed by atoms with Gasteiger partial charge in [0.25, 0.3) is 5.97 Å². The maximum atomic E-state index is 13.0. The van der Waals surface area contributed by atoms with Gasteiger partial charge in [-0.25, -0.2) is 4.79 Å². The summed E-state index contributed by atoms with van der Waals surface area (Å²) in [7, 11) is 0. The molecule has 169 valence electrons. The van der Waals surface area contributed by atoms with Crippen LogP contribution in [0.2, 0.25) is 0 Å². The van der Waals surface area contributed by atoms with E-state index in [4.69, 9.17) is 14.2 Å². The Balaban J connectivity index is 0.00000385. The van der Waals surface area contributed by atoms with Crippen LogP contribution in [0.5, 0.6) is 11.5 Å². The van der Waals surface area contributed by atoms with Gasteiger partial charge in [0.15, 0.2) is 0 Å². The molecule has 0 saturated heterocycles. The van der Waals surface area contributed by atoms with Gasteiger partial charge in [-0.2, -0.15) is 0 Å². The molecule has 0 unspecified atom stereocenters. The first kappa shape index (κ1) is 26.5. The SMILES string of the molecule is Cc1[c-]nc(NC(=O)OC(C)(C)C)c(OCc2ccccc2)c1C(=O)Oc1ccccc1.[Y]. The van der Waals surface area contributed by atoms with Crippen molar-refractivity contribution in [3.05, 3.63) is 83.6 Å². The summed E-state index contributed by atoms with van der Waals surface area (Å²) in [5.74, 6) is -0.176. The van der Waals surface area contributed by atoms with Gasteiger partial charge < -0.3 is 24.5 Å². The van der Waals surface area contributed by atoms with Gasteiger partial charge in [-0.15, -0.1) is 5.56 Å². The van der Waals surface area contributed by atoms with E-state index in [-0.39, 0.29) is 56.4 Å². The molecule has 1 heterocycles. The fraction of sp³-hybridized carbons (Fsp3) is 0.240. The second kappa shape index (κ2) is 11.9. The molecular weight excluding hydrogens is 497 g/mol. The zero-order chi connectivity index (χ0) is 23.1. The molecule has 1 N–H and O–H groups in total. The van der Waals surface area contributed by atoms with Crippen molar-refractivity contribution in [1.29, 1.82) is 0 Å². The first-order chi connectivity index (χ1) is 15.2.